The van der Waals surface area contributed by atoms with Crippen LogP contribution in [0, 0.1) is 11.8 Å². The summed E-state index contributed by atoms with van der Waals surface area (Å²) in [6.45, 7) is 8.17. The van der Waals surface area contributed by atoms with Crippen molar-refractivity contribution < 1.29 is 4.79 Å². The zero-order chi connectivity index (χ0) is 9.56. The number of Topliss-reactive ketones (excluding diaryl/α,β-unsaturated/α-hetero) is 1. The van der Waals surface area contributed by atoms with Crippen LogP contribution >= 0.6 is 0 Å². The lowest BCUT2D eigenvalue weighted by molar-refractivity contribution is -0.128. The lowest BCUT2D eigenvalue weighted by Gasteiger charge is -2.23. The van der Waals surface area contributed by atoms with Gasteiger partial charge in [0.2, 0.25) is 0 Å². The van der Waals surface area contributed by atoms with E-state index >= 15 is 0 Å². The van der Waals surface area contributed by atoms with E-state index in [4.69, 9.17) is 0 Å². The predicted molar refractivity (Wildman–Crippen MR) is 53.2 cm³/mol. The van der Waals surface area contributed by atoms with Crippen LogP contribution in [0.3, 0.4) is 0 Å². The Balaban J connectivity index is 0.000000561. The highest BCUT2D eigenvalue weighted by molar-refractivity contribution is 5.83. The van der Waals surface area contributed by atoms with E-state index in [9.17, 15) is 4.79 Å². The first-order valence-electron chi connectivity index (χ1n) is 5.29. The summed E-state index contributed by atoms with van der Waals surface area (Å²) in [5.74, 6) is 1.25. The van der Waals surface area contributed by atoms with Gasteiger partial charge in [-0.3, -0.25) is 4.79 Å². The number of hydrogen-bond acceptors (Lipinski definition) is 1. The van der Waals surface area contributed by atoms with Crippen molar-refractivity contribution in [1.82, 2.24) is 0 Å². The van der Waals surface area contributed by atoms with Crippen LogP contribution in [0.4, 0.5) is 0 Å². The highest BCUT2D eigenvalue weighted by atomic mass is 16.1. The number of carbonyl (C=O) groups is 1. The van der Waals surface area contributed by atoms with Gasteiger partial charge in [-0.1, -0.05) is 34.1 Å². The summed E-state index contributed by atoms with van der Waals surface area (Å²) in [7, 11) is 0. The molecule has 0 saturated heterocycles. The fraction of sp³-hybridized carbons (Fsp3) is 0.909. The standard InChI is InChI=1S/C9H16O.C2H6/c1-3-8-6-4-5-7(2)9(8)10;1-2/h7-8H,3-6H2,1-2H3;1-2H3. The molecule has 1 heteroatoms. The Hall–Kier alpha value is -0.330. The Bertz CT molecular complexity index is 129. The van der Waals surface area contributed by atoms with Crippen LogP contribution in [0.25, 0.3) is 0 Å². The lowest BCUT2D eigenvalue weighted by atomic mass is 9.80. The molecule has 0 amide bonds. The van der Waals surface area contributed by atoms with Gasteiger partial charge in [-0.05, 0) is 19.3 Å². The molecule has 1 nitrogen and oxygen atoms in total. The quantitative estimate of drug-likeness (QED) is 0.589. The Morgan fingerprint density at radius 1 is 1.33 bits per heavy atom. The summed E-state index contributed by atoms with van der Waals surface area (Å²) in [4.78, 5) is 11.4. The Morgan fingerprint density at radius 3 is 2.33 bits per heavy atom. The van der Waals surface area contributed by atoms with Gasteiger partial charge in [-0.15, -0.1) is 0 Å². The highest BCUT2D eigenvalue weighted by Gasteiger charge is 2.26. The van der Waals surface area contributed by atoms with Crippen LogP contribution in [-0.4, -0.2) is 5.78 Å². The largest absolute Gasteiger partial charge is 0.299 e. The van der Waals surface area contributed by atoms with Gasteiger partial charge in [0.1, 0.15) is 5.78 Å². The molecule has 2 unspecified atom stereocenters. The van der Waals surface area contributed by atoms with Gasteiger partial charge < -0.3 is 0 Å². The minimum Gasteiger partial charge on any atom is -0.299 e. The molecule has 1 fully saturated rings. The van der Waals surface area contributed by atoms with Crippen molar-refractivity contribution in [3.8, 4) is 0 Å². The van der Waals surface area contributed by atoms with Crippen LogP contribution in [-0.2, 0) is 4.79 Å². The molecule has 1 rings (SSSR count). The third-order valence-electron chi connectivity index (χ3n) is 2.57. The van der Waals surface area contributed by atoms with Gasteiger partial charge >= 0.3 is 0 Å². The molecule has 2 atom stereocenters. The molecule has 72 valence electrons. The molecule has 1 aliphatic carbocycles. The summed E-state index contributed by atoms with van der Waals surface area (Å²) in [5.41, 5.74) is 0. The van der Waals surface area contributed by atoms with E-state index in [0.29, 0.717) is 17.6 Å². The zero-order valence-corrected chi connectivity index (χ0v) is 8.89. The first-order chi connectivity index (χ1) is 5.75. The molecule has 0 bridgehead atoms. The zero-order valence-electron chi connectivity index (χ0n) is 8.89. The average Bonchev–Trinajstić information content (AvgIpc) is 2.13. The second-order valence-corrected chi connectivity index (χ2v) is 3.34. The summed E-state index contributed by atoms with van der Waals surface area (Å²) in [5, 5.41) is 0. The molecule has 0 aromatic heterocycles. The van der Waals surface area contributed by atoms with E-state index in [1.807, 2.05) is 13.8 Å². The van der Waals surface area contributed by atoms with Crippen molar-refractivity contribution in [2.24, 2.45) is 11.8 Å². The van der Waals surface area contributed by atoms with Gasteiger partial charge in [0, 0.05) is 11.8 Å². The number of rotatable bonds is 1. The smallest absolute Gasteiger partial charge is 0.138 e. The molecule has 0 spiro atoms. The second kappa shape index (κ2) is 6.22. The van der Waals surface area contributed by atoms with E-state index in [1.165, 1.54) is 6.42 Å². The summed E-state index contributed by atoms with van der Waals surface area (Å²) in [6, 6.07) is 0. The van der Waals surface area contributed by atoms with E-state index in [-0.39, 0.29) is 0 Å². The highest BCUT2D eigenvalue weighted by Crippen LogP contribution is 2.26. The summed E-state index contributed by atoms with van der Waals surface area (Å²) < 4.78 is 0. The maximum absolute atomic E-state index is 11.4. The topological polar surface area (TPSA) is 17.1 Å². The van der Waals surface area contributed by atoms with Crippen molar-refractivity contribution in [2.45, 2.75) is 53.4 Å². The molecule has 0 aromatic rings. The van der Waals surface area contributed by atoms with Crippen molar-refractivity contribution in [3.05, 3.63) is 0 Å². The van der Waals surface area contributed by atoms with E-state index in [1.54, 1.807) is 0 Å². The average molecular weight is 170 g/mol. The lowest BCUT2D eigenvalue weighted by Crippen LogP contribution is -2.25. The van der Waals surface area contributed by atoms with Crippen LogP contribution in [0.2, 0.25) is 0 Å². The van der Waals surface area contributed by atoms with E-state index < -0.39 is 0 Å². The normalized spacial score (nSPS) is 29.2. The van der Waals surface area contributed by atoms with E-state index in [0.717, 1.165) is 19.3 Å². The Kier molecular flexibility index (Phi) is 6.04. The van der Waals surface area contributed by atoms with Gasteiger partial charge in [0.05, 0.1) is 0 Å². The molecule has 0 radical (unpaired) electrons. The molecule has 0 aromatic carbocycles. The van der Waals surface area contributed by atoms with Gasteiger partial charge in [0.25, 0.3) is 0 Å². The third-order valence-corrected chi connectivity index (χ3v) is 2.57. The molecule has 1 saturated carbocycles. The molecule has 1 aliphatic rings. The molecular formula is C11H22O. The van der Waals surface area contributed by atoms with Crippen LogP contribution in [0.5, 0.6) is 0 Å². The van der Waals surface area contributed by atoms with Gasteiger partial charge in [0.15, 0.2) is 0 Å². The molecule has 0 heterocycles. The molecule has 12 heavy (non-hydrogen) atoms. The molecular weight excluding hydrogens is 148 g/mol. The van der Waals surface area contributed by atoms with Crippen molar-refractivity contribution in [3.63, 3.8) is 0 Å². The predicted octanol–water partition coefficient (Wildman–Crippen LogP) is 3.43. The number of ketones is 1. The first-order valence-corrected chi connectivity index (χ1v) is 5.29. The van der Waals surface area contributed by atoms with Crippen molar-refractivity contribution in [2.75, 3.05) is 0 Å². The first kappa shape index (κ1) is 11.7. The van der Waals surface area contributed by atoms with Crippen LogP contribution in [0.15, 0.2) is 0 Å². The van der Waals surface area contributed by atoms with E-state index in [2.05, 4.69) is 13.8 Å². The van der Waals surface area contributed by atoms with Gasteiger partial charge in [-0.25, -0.2) is 0 Å². The monoisotopic (exact) mass is 170 g/mol. The SMILES string of the molecule is CC.CCC1CCCC(C)C1=O. The number of hydrogen-bond donors (Lipinski definition) is 0. The van der Waals surface area contributed by atoms with Crippen molar-refractivity contribution >= 4 is 5.78 Å². The number of carbonyl (C=O) groups excluding carboxylic acids is 1. The van der Waals surface area contributed by atoms with Crippen LogP contribution in [0.1, 0.15) is 53.4 Å². The van der Waals surface area contributed by atoms with Crippen LogP contribution < -0.4 is 0 Å². The minimum absolute atomic E-state index is 0.346. The second-order valence-electron chi connectivity index (χ2n) is 3.34. The minimum atomic E-state index is 0.346. The van der Waals surface area contributed by atoms with Gasteiger partial charge in [-0.2, -0.15) is 0 Å². The Morgan fingerprint density at radius 2 is 1.92 bits per heavy atom. The Labute approximate surface area is 76.6 Å². The summed E-state index contributed by atoms with van der Waals surface area (Å²) in [6.07, 6.45) is 4.56. The molecule has 0 N–H and O–H groups in total. The fourth-order valence-electron chi connectivity index (χ4n) is 1.76. The third kappa shape index (κ3) is 2.96. The maximum Gasteiger partial charge on any atom is 0.138 e. The summed E-state index contributed by atoms with van der Waals surface area (Å²) >= 11 is 0. The molecule has 0 aliphatic heterocycles. The van der Waals surface area contributed by atoms with Crippen molar-refractivity contribution in [1.29, 1.82) is 0 Å². The fourth-order valence-corrected chi connectivity index (χ4v) is 1.76. The maximum atomic E-state index is 11.4.